The van der Waals surface area contributed by atoms with Crippen molar-refractivity contribution in [1.29, 1.82) is 0 Å². The van der Waals surface area contributed by atoms with Crippen LogP contribution in [0.3, 0.4) is 0 Å². The van der Waals surface area contributed by atoms with Gasteiger partial charge in [0.05, 0.1) is 4.47 Å². The molecule has 5 heteroatoms. The molecule has 0 spiro atoms. The maximum atomic E-state index is 13.5. The number of carboxylic acid groups (broad SMARTS) is 1. The third kappa shape index (κ3) is 4.16. The molecule has 1 N–H and O–H groups in total. The lowest BCUT2D eigenvalue weighted by Gasteiger charge is -2.09. The Morgan fingerprint density at radius 1 is 1.29 bits per heavy atom. The van der Waals surface area contributed by atoms with Crippen LogP contribution in [0.1, 0.15) is 11.1 Å². The number of benzene rings is 2. The number of hydrogen-bond donors (Lipinski definition) is 1. The highest BCUT2D eigenvalue weighted by molar-refractivity contribution is 9.10. The Labute approximate surface area is 129 Å². The Kier molecular flexibility index (Phi) is 4.75. The summed E-state index contributed by atoms with van der Waals surface area (Å²) < 4.78 is 19.7. The first-order valence-corrected chi connectivity index (χ1v) is 6.89. The summed E-state index contributed by atoms with van der Waals surface area (Å²) in [6.45, 7) is 1.68. The fourth-order valence-corrected chi connectivity index (χ4v) is 2.11. The van der Waals surface area contributed by atoms with E-state index in [0.717, 1.165) is 6.08 Å². The first-order chi connectivity index (χ1) is 9.95. The number of carboxylic acids is 1. The van der Waals surface area contributed by atoms with E-state index >= 15 is 0 Å². The van der Waals surface area contributed by atoms with Gasteiger partial charge in [0.15, 0.2) is 0 Å². The van der Waals surface area contributed by atoms with E-state index in [-0.39, 0.29) is 5.82 Å². The molecule has 0 saturated heterocycles. The van der Waals surface area contributed by atoms with E-state index in [1.807, 2.05) is 0 Å². The van der Waals surface area contributed by atoms with Crippen molar-refractivity contribution < 1.29 is 19.0 Å². The number of halogens is 2. The van der Waals surface area contributed by atoms with Crippen molar-refractivity contribution in [1.82, 2.24) is 0 Å². The van der Waals surface area contributed by atoms with E-state index in [1.54, 1.807) is 37.3 Å². The largest absolute Gasteiger partial charge is 0.478 e. The molecule has 3 nitrogen and oxygen atoms in total. The molecule has 0 heterocycles. The van der Waals surface area contributed by atoms with Crippen molar-refractivity contribution in [3.05, 3.63) is 63.9 Å². The van der Waals surface area contributed by atoms with Gasteiger partial charge < -0.3 is 9.84 Å². The van der Waals surface area contributed by atoms with Gasteiger partial charge in [0.1, 0.15) is 17.3 Å². The molecule has 0 bridgehead atoms. The Bertz CT molecular complexity index is 711. The predicted molar refractivity (Wildman–Crippen MR) is 82.0 cm³/mol. The van der Waals surface area contributed by atoms with Crippen molar-refractivity contribution in [2.45, 2.75) is 6.92 Å². The maximum Gasteiger partial charge on any atom is 0.328 e. The molecule has 0 unspecified atom stereocenters. The SMILES string of the molecule is Cc1ccc(Oc2ccc(/C=C/C(=O)O)cc2Br)cc1F. The zero-order valence-corrected chi connectivity index (χ0v) is 12.7. The summed E-state index contributed by atoms with van der Waals surface area (Å²) in [5.41, 5.74) is 1.27. The molecular formula is C16H12BrFO3. The molecule has 0 atom stereocenters. The quantitative estimate of drug-likeness (QED) is 0.806. The maximum absolute atomic E-state index is 13.5. The van der Waals surface area contributed by atoms with Crippen molar-refractivity contribution in [2.24, 2.45) is 0 Å². The summed E-state index contributed by atoms with van der Waals surface area (Å²) in [4.78, 5) is 10.5. The molecule has 2 aromatic carbocycles. The molecule has 2 rings (SSSR count). The van der Waals surface area contributed by atoms with Gasteiger partial charge in [-0.25, -0.2) is 9.18 Å². The first kappa shape index (κ1) is 15.3. The van der Waals surface area contributed by atoms with Gasteiger partial charge in [0.2, 0.25) is 0 Å². The van der Waals surface area contributed by atoms with E-state index < -0.39 is 5.97 Å². The molecular weight excluding hydrogens is 339 g/mol. The third-order valence-corrected chi connectivity index (χ3v) is 3.37. The van der Waals surface area contributed by atoms with Crippen LogP contribution in [0, 0.1) is 12.7 Å². The smallest absolute Gasteiger partial charge is 0.328 e. The van der Waals surface area contributed by atoms with Crippen molar-refractivity contribution in [2.75, 3.05) is 0 Å². The van der Waals surface area contributed by atoms with Crippen LogP contribution >= 0.6 is 15.9 Å². The Morgan fingerprint density at radius 3 is 2.67 bits per heavy atom. The van der Waals surface area contributed by atoms with Crippen LogP contribution in [0.5, 0.6) is 11.5 Å². The van der Waals surface area contributed by atoms with Crippen molar-refractivity contribution >= 4 is 28.0 Å². The molecule has 21 heavy (non-hydrogen) atoms. The lowest BCUT2D eigenvalue weighted by Crippen LogP contribution is -1.89. The standard InChI is InChI=1S/C16H12BrFO3/c1-10-2-5-12(9-14(10)18)21-15-6-3-11(8-13(15)17)4-7-16(19)20/h2-9H,1H3,(H,19,20)/b7-4+. The van der Waals surface area contributed by atoms with Gasteiger partial charge in [0.25, 0.3) is 0 Å². The summed E-state index contributed by atoms with van der Waals surface area (Å²) in [6.07, 6.45) is 2.53. The molecule has 0 radical (unpaired) electrons. The fraction of sp³-hybridized carbons (Fsp3) is 0.0625. The first-order valence-electron chi connectivity index (χ1n) is 6.10. The van der Waals surface area contributed by atoms with E-state index in [4.69, 9.17) is 9.84 Å². The zero-order chi connectivity index (χ0) is 15.4. The Morgan fingerprint density at radius 2 is 2.05 bits per heavy atom. The highest BCUT2D eigenvalue weighted by Gasteiger charge is 2.05. The molecule has 0 amide bonds. The summed E-state index contributed by atoms with van der Waals surface area (Å²) in [6, 6.07) is 9.76. The second-order valence-electron chi connectivity index (χ2n) is 4.37. The topological polar surface area (TPSA) is 46.5 Å². The van der Waals surface area contributed by atoms with Gasteiger partial charge in [-0.3, -0.25) is 0 Å². The lowest BCUT2D eigenvalue weighted by atomic mass is 10.2. The van der Waals surface area contributed by atoms with Gasteiger partial charge in [0, 0.05) is 12.1 Å². The number of aryl methyl sites for hydroxylation is 1. The average Bonchev–Trinajstić information content (AvgIpc) is 2.43. The highest BCUT2D eigenvalue weighted by atomic mass is 79.9. The molecule has 2 aromatic rings. The van der Waals surface area contributed by atoms with Crippen LogP contribution < -0.4 is 4.74 Å². The van der Waals surface area contributed by atoms with Crippen LogP contribution in [0.4, 0.5) is 4.39 Å². The minimum absolute atomic E-state index is 0.329. The van der Waals surface area contributed by atoms with Crippen LogP contribution in [0.15, 0.2) is 46.9 Å². The fourth-order valence-electron chi connectivity index (χ4n) is 1.64. The number of ether oxygens (including phenoxy) is 1. The second-order valence-corrected chi connectivity index (χ2v) is 5.23. The van der Waals surface area contributed by atoms with Crippen LogP contribution in [0.25, 0.3) is 6.08 Å². The number of aliphatic carboxylic acids is 1. The van der Waals surface area contributed by atoms with Gasteiger partial charge >= 0.3 is 5.97 Å². The highest BCUT2D eigenvalue weighted by Crippen LogP contribution is 2.31. The van der Waals surface area contributed by atoms with E-state index in [2.05, 4.69) is 15.9 Å². The average molecular weight is 351 g/mol. The van der Waals surface area contributed by atoms with E-state index in [1.165, 1.54) is 12.1 Å². The van der Waals surface area contributed by atoms with Crippen molar-refractivity contribution in [3.63, 3.8) is 0 Å². The predicted octanol–water partition coefficient (Wildman–Crippen LogP) is 4.79. The van der Waals surface area contributed by atoms with Crippen LogP contribution in [-0.4, -0.2) is 11.1 Å². The molecule has 0 saturated carbocycles. The van der Waals surface area contributed by atoms with Gasteiger partial charge in [-0.2, -0.15) is 0 Å². The van der Waals surface area contributed by atoms with Gasteiger partial charge in [-0.05, 0) is 58.3 Å². The number of carbonyl (C=O) groups is 1. The Balaban J connectivity index is 2.21. The molecule has 0 fully saturated rings. The van der Waals surface area contributed by atoms with E-state index in [9.17, 15) is 9.18 Å². The normalized spacial score (nSPS) is 10.8. The summed E-state index contributed by atoms with van der Waals surface area (Å²) >= 11 is 3.34. The zero-order valence-electron chi connectivity index (χ0n) is 11.1. The number of rotatable bonds is 4. The van der Waals surface area contributed by atoms with E-state index in [0.29, 0.717) is 27.1 Å². The summed E-state index contributed by atoms with van der Waals surface area (Å²) in [7, 11) is 0. The van der Waals surface area contributed by atoms with Gasteiger partial charge in [-0.15, -0.1) is 0 Å². The van der Waals surface area contributed by atoms with Crippen molar-refractivity contribution in [3.8, 4) is 11.5 Å². The molecule has 0 aliphatic rings. The van der Waals surface area contributed by atoms with Crippen LogP contribution in [0.2, 0.25) is 0 Å². The minimum Gasteiger partial charge on any atom is -0.478 e. The summed E-state index contributed by atoms with van der Waals surface area (Å²) in [5.74, 6) is -0.426. The number of hydrogen-bond acceptors (Lipinski definition) is 2. The lowest BCUT2D eigenvalue weighted by molar-refractivity contribution is -0.131. The molecule has 0 aliphatic heterocycles. The van der Waals surface area contributed by atoms with Crippen LogP contribution in [-0.2, 0) is 4.79 Å². The van der Waals surface area contributed by atoms with Gasteiger partial charge in [-0.1, -0.05) is 12.1 Å². The second kappa shape index (κ2) is 6.54. The third-order valence-electron chi connectivity index (χ3n) is 2.75. The molecule has 0 aliphatic carbocycles. The minimum atomic E-state index is -1.01. The monoisotopic (exact) mass is 350 g/mol. The summed E-state index contributed by atoms with van der Waals surface area (Å²) in [5, 5.41) is 8.58. The Hall–Kier alpha value is -2.14. The molecule has 0 aromatic heterocycles. The molecule has 108 valence electrons.